The molecule has 0 bridgehead atoms. The zero-order chi connectivity index (χ0) is 54.5. The summed E-state index contributed by atoms with van der Waals surface area (Å²) in [5.74, 6) is 0. The summed E-state index contributed by atoms with van der Waals surface area (Å²) >= 11 is -4.00. The quantitative estimate of drug-likeness (QED) is 0.106. The fourth-order valence-corrected chi connectivity index (χ4v) is 22.8. The molecule has 0 saturated heterocycles. The van der Waals surface area contributed by atoms with Crippen LogP contribution in [0.3, 0.4) is 0 Å². The summed E-state index contributed by atoms with van der Waals surface area (Å²) in [6.07, 6.45) is 0. The molecular weight excluding hydrogens is 1110 g/mol. The molecular formula is C78H51O2PPd. The molecule has 0 aromatic heterocycles. The van der Waals surface area contributed by atoms with E-state index in [1.54, 1.807) is 24.3 Å². The molecule has 4 heteroatoms. The van der Waals surface area contributed by atoms with Gasteiger partial charge in [-0.1, -0.05) is 18.2 Å². The number of rotatable bonds is 5. The Morgan fingerprint density at radius 3 is 0.537 bits per heavy atom. The van der Waals surface area contributed by atoms with E-state index in [2.05, 4.69) is 267 Å². The molecule has 2 nitrogen and oxygen atoms in total. The summed E-state index contributed by atoms with van der Waals surface area (Å²) < 4.78 is 16.0. The number of benzene rings is 17. The second-order valence-corrected chi connectivity index (χ2v) is 27.9. The predicted molar refractivity (Wildman–Crippen MR) is 352 cm³/mol. The summed E-state index contributed by atoms with van der Waals surface area (Å²) in [7, 11) is -2.46. The van der Waals surface area contributed by atoms with E-state index in [1.807, 2.05) is 6.07 Å². The Balaban J connectivity index is 0.000000565. The Morgan fingerprint density at radius 2 is 0.354 bits per heavy atom. The Bertz CT molecular complexity index is 4700. The standard InChI is InChI=1S/4C18H11.C6H7O2P.Pd/c4*1-2-8-14-13(7-1)15-9-3-4-11-17(15)18-12-6-5-10-16(14)18;7-9(8)6-4-2-1-3-5-6;/h4*1-11H;1-5,9H,(H,7,8);. The van der Waals surface area contributed by atoms with Crippen LogP contribution < -0.4 is 21.5 Å². The van der Waals surface area contributed by atoms with Crippen LogP contribution in [0.25, 0.3) is 129 Å². The zero-order valence-corrected chi connectivity index (χ0v) is 47.0. The van der Waals surface area contributed by atoms with Gasteiger partial charge in [-0.2, -0.15) is 0 Å². The Labute approximate surface area is 477 Å². The minimum atomic E-state index is -4.00. The number of fused-ring (bicyclic) bond motifs is 24. The molecule has 1 atom stereocenters. The summed E-state index contributed by atoms with van der Waals surface area (Å²) in [4.78, 5) is 8.57. The average Bonchev–Trinajstić information content (AvgIpc) is 1.17. The average molecular weight is 1160 g/mol. The Morgan fingerprint density at radius 1 is 0.195 bits per heavy atom. The van der Waals surface area contributed by atoms with Crippen LogP contribution in [-0.2, 0) is 20.1 Å². The monoisotopic (exact) mass is 1160 g/mol. The third-order valence-corrected chi connectivity index (χ3v) is 25.3. The van der Waals surface area contributed by atoms with Gasteiger partial charge in [0.1, 0.15) is 0 Å². The summed E-state index contributed by atoms with van der Waals surface area (Å²) in [6, 6.07) is 111. The van der Waals surface area contributed by atoms with Gasteiger partial charge in [0.05, 0.1) is 0 Å². The Hall–Kier alpha value is -9.29. The van der Waals surface area contributed by atoms with Crippen LogP contribution in [0.15, 0.2) is 297 Å². The van der Waals surface area contributed by atoms with Gasteiger partial charge < -0.3 is 4.89 Å². The molecule has 0 amide bonds. The summed E-state index contributed by atoms with van der Waals surface area (Å²) in [6.45, 7) is 0. The first-order chi connectivity index (χ1) is 40.6. The van der Waals surface area contributed by atoms with E-state index < -0.39 is 23.6 Å². The van der Waals surface area contributed by atoms with Crippen molar-refractivity contribution in [3.63, 3.8) is 0 Å². The molecule has 0 fully saturated rings. The first kappa shape index (κ1) is 48.6. The maximum atomic E-state index is 10.4. The van der Waals surface area contributed by atoms with Gasteiger partial charge in [-0.15, -0.1) is 0 Å². The topological polar surface area (TPSA) is 37.3 Å². The molecule has 0 aliphatic heterocycles. The molecule has 82 heavy (non-hydrogen) atoms. The summed E-state index contributed by atoms with van der Waals surface area (Å²) in [5.41, 5.74) is 0. The number of hydrogen-bond acceptors (Lipinski definition) is 1. The molecule has 0 aliphatic rings. The van der Waals surface area contributed by atoms with E-state index in [0.29, 0.717) is 5.30 Å². The molecule has 0 radical (unpaired) electrons. The van der Waals surface area contributed by atoms with Gasteiger partial charge in [-0.25, -0.2) is 0 Å². The second-order valence-electron chi connectivity index (χ2n) is 21.0. The van der Waals surface area contributed by atoms with Crippen molar-refractivity contribution in [1.82, 2.24) is 0 Å². The van der Waals surface area contributed by atoms with Gasteiger partial charge in [0.2, 0.25) is 8.03 Å². The van der Waals surface area contributed by atoms with Crippen LogP contribution in [0.5, 0.6) is 0 Å². The van der Waals surface area contributed by atoms with Crippen molar-refractivity contribution in [2.24, 2.45) is 0 Å². The van der Waals surface area contributed by atoms with Gasteiger partial charge in [0.15, 0.2) is 0 Å². The molecule has 0 spiro atoms. The van der Waals surface area contributed by atoms with Gasteiger partial charge in [-0.3, -0.25) is 4.57 Å². The normalized spacial score (nSPS) is 12.6. The first-order valence-electron chi connectivity index (χ1n) is 27.8. The van der Waals surface area contributed by atoms with Crippen molar-refractivity contribution < 1.29 is 25.0 Å². The molecule has 17 aromatic carbocycles. The third-order valence-electron chi connectivity index (χ3n) is 16.8. The van der Waals surface area contributed by atoms with Crippen molar-refractivity contribution in [2.45, 2.75) is 0 Å². The van der Waals surface area contributed by atoms with Crippen LogP contribution in [0.2, 0.25) is 0 Å². The predicted octanol–water partition coefficient (Wildman–Crippen LogP) is 18.1. The van der Waals surface area contributed by atoms with E-state index in [1.165, 1.54) is 145 Å². The van der Waals surface area contributed by atoms with Crippen molar-refractivity contribution in [3.05, 3.63) is 297 Å². The fourth-order valence-electron chi connectivity index (χ4n) is 13.5. The molecule has 0 saturated carbocycles. The molecule has 17 aromatic rings. The molecule has 0 heterocycles. The molecule has 1 unspecified atom stereocenters. The third kappa shape index (κ3) is 7.18. The molecule has 1 N–H and O–H groups in total. The van der Waals surface area contributed by atoms with Crippen molar-refractivity contribution >= 4 is 159 Å². The van der Waals surface area contributed by atoms with Gasteiger partial charge in [0.25, 0.3) is 0 Å². The van der Waals surface area contributed by atoms with Gasteiger partial charge in [0, 0.05) is 5.30 Å². The van der Waals surface area contributed by atoms with Gasteiger partial charge >= 0.3 is 428 Å². The first-order valence-corrected chi connectivity index (χ1v) is 32.3. The zero-order valence-electron chi connectivity index (χ0n) is 44.5. The molecule has 17 rings (SSSR count). The van der Waals surface area contributed by atoms with Crippen LogP contribution in [0.1, 0.15) is 0 Å². The van der Waals surface area contributed by atoms with Crippen molar-refractivity contribution in [3.8, 4) is 0 Å². The Kier molecular flexibility index (Phi) is 11.5. The van der Waals surface area contributed by atoms with Crippen LogP contribution in [0.4, 0.5) is 0 Å². The van der Waals surface area contributed by atoms with E-state index in [9.17, 15) is 4.57 Å². The van der Waals surface area contributed by atoms with Crippen LogP contribution >= 0.6 is 8.03 Å². The van der Waals surface area contributed by atoms with E-state index >= 15 is 0 Å². The number of hydrogen-bond donors (Lipinski definition) is 1. The van der Waals surface area contributed by atoms with Crippen molar-refractivity contribution in [1.29, 1.82) is 0 Å². The second kappa shape index (κ2) is 19.5. The fraction of sp³-hybridized carbons (Fsp3) is 0. The van der Waals surface area contributed by atoms with Gasteiger partial charge in [-0.05, 0) is 12.1 Å². The molecule has 0 aliphatic carbocycles. The maximum absolute atomic E-state index is 10.4. The molecule has 390 valence electrons. The van der Waals surface area contributed by atoms with E-state index in [4.69, 9.17) is 4.89 Å². The van der Waals surface area contributed by atoms with Crippen LogP contribution in [-0.4, -0.2) is 4.89 Å². The van der Waals surface area contributed by atoms with E-state index in [0.717, 1.165) is 0 Å². The minimum absolute atomic E-state index is 0.516. The SMILES string of the molecule is O=[PH](O)c1ccccc1.c1ccc2c(c1)c1ccccc1c1[c]([Pd]([c]3cccc4c5ccccc5c5ccccc5c34)([c]3cccc4c5ccccc5c5ccccc5c34)[c]3cccc4c5ccccc5c5ccccc5c34)cccc21. The summed E-state index contributed by atoms with van der Waals surface area (Å²) in [5, 5.41) is 31.5. The van der Waals surface area contributed by atoms with E-state index in [-0.39, 0.29) is 0 Å². The van der Waals surface area contributed by atoms with Crippen LogP contribution in [0, 0.1) is 0 Å². The van der Waals surface area contributed by atoms with Crippen molar-refractivity contribution in [2.75, 3.05) is 0 Å².